The highest BCUT2D eigenvalue weighted by atomic mass is 32.2. The van der Waals surface area contributed by atoms with E-state index in [0.717, 1.165) is 11.1 Å². The van der Waals surface area contributed by atoms with Crippen LogP contribution in [-0.4, -0.2) is 70.9 Å². The predicted molar refractivity (Wildman–Crippen MR) is 140 cm³/mol. The molecule has 0 spiro atoms. The number of halogens is 3. The number of hydrogen-bond acceptors (Lipinski definition) is 7. The van der Waals surface area contributed by atoms with Crippen molar-refractivity contribution < 1.29 is 21.6 Å². The van der Waals surface area contributed by atoms with E-state index in [1.54, 1.807) is 12.1 Å². The van der Waals surface area contributed by atoms with E-state index < -0.39 is 22.0 Å². The van der Waals surface area contributed by atoms with Crippen LogP contribution in [0.3, 0.4) is 0 Å². The molecular formula is C26H30F3N7O2S. The fourth-order valence-electron chi connectivity index (χ4n) is 5.37. The van der Waals surface area contributed by atoms with Gasteiger partial charge in [0.1, 0.15) is 5.82 Å². The highest BCUT2D eigenvalue weighted by Crippen LogP contribution is 2.44. The van der Waals surface area contributed by atoms with E-state index in [1.165, 1.54) is 40.7 Å². The largest absolute Gasteiger partial charge is 0.355 e. The second-order valence-electron chi connectivity index (χ2n) is 10.2. The van der Waals surface area contributed by atoms with E-state index in [4.69, 9.17) is 5.41 Å². The number of rotatable bonds is 8. The van der Waals surface area contributed by atoms with E-state index in [1.807, 2.05) is 19.1 Å². The lowest BCUT2D eigenvalue weighted by molar-refractivity contribution is -0.120. The van der Waals surface area contributed by atoms with Crippen LogP contribution in [0.5, 0.6) is 0 Å². The molecule has 1 aliphatic carbocycles. The van der Waals surface area contributed by atoms with Crippen LogP contribution in [-0.2, 0) is 17.1 Å². The average Bonchev–Trinajstić information content (AvgIpc) is 3.32. The normalized spacial score (nSPS) is 20.5. The number of hydrogen-bond donors (Lipinski definition) is 2. The third kappa shape index (κ3) is 5.70. The first-order valence-electron chi connectivity index (χ1n) is 12.6. The lowest BCUT2D eigenvalue weighted by Crippen LogP contribution is -2.53. The van der Waals surface area contributed by atoms with Crippen molar-refractivity contribution in [3.63, 3.8) is 0 Å². The summed E-state index contributed by atoms with van der Waals surface area (Å²) in [6, 6.07) is 9.15. The second-order valence-corrected chi connectivity index (χ2v) is 12.1. The molecule has 2 aliphatic rings. The van der Waals surface area contributed by atoms with Gasteiger partial charge >= 0.3 is 0 Å². The Morgan fingerprint density at radius 1 is 1.18 bits per heavy atom. The fraction of sp³-hybridized carbons (Fsp3) is 0.423. The molecule has 2 fully saturated rings. The number of benzene rings is 2. The zero-order valence-corrected chi connectivity index (χ0v) is 22.4. The Morgan fingerprint density at radius 2 is 1.90 bits per heavy atom. The highest BCUT2D eigenvalue weighted by Gasteiger charge is 2.47. The number of piperazine rings is 1. The van der Waals surface area contributed by atoms with Gasteiger partial charge < -0.3 is 10.7 Å². The summed E-state index contributed by atoms with van der Waals surface area (Å²) in [6.07, 6.45) is 2.05. The molecule has 0 bridgehead atoms. The number of aromatic nitrogens is 3. The smallest absolute Gasteiger partial charge is 0.264 e. The number of nitrogens with zero attached hydrogens (tertiary/aromatic N) is 5. The average molecular weight is 562 g/mol. The molecule has 0 radical (unpaired) electrons. The molecule has 1 saturated carbocycles. The van der Waals surface area contributed by atoms with Gasteiger partial charge in [-0.05, 0) is 60.4 Å². The molecule has 39 heavy (non-hydrogen) atoms. The minimum atomic E-state index is -3.92. The summed E-state index contributed by atoms with van der Waals surface area (Å²) in [5.41, 5.74) is 3.51. The van der Waals surface area contributed by atoms with Crippen LogP contribution in [0.1, 0.15) is 35.6 Å². The summed E-state index contributed by atoms with van der Waals surface area (Å²) in [4.78, 5) is 3.26. The number of sulfonamides is 1. The van der Waals surface area contributed by atoms with Gasteiger partial charge in [0.25, 0.3) is 10.0 Å². The maximum atomic E-state index is 13.6. The molecule has 1 atom stereocenters. The summed E-state index contributed by atoms with van der Waals surface area (Å²) >= 11 is 0. The number of alkyl halides is 2. The summed E-state index contributed by atoms with van der Waals surface area (Å²) in [5, 5.41) is 19.0. The van der Waals surface area contributed by atoms with Gasteiger partial charge in [-0.3, -0.25) is 4.90 Å². The second kappa shape index (κ2) is 10.4. The van der Waals surface area contributed by atoms with Crippen LogP contribution in [0.2, 0.25) is 0 Å². The maximum Gasteiger partial charge on any atom is 0.264 e. The Bertz CT molecular complexity index is 1470. The lowest BCUT2D eigenvalue weighted by atomic mass is 9.80. The van der Waals surface area contributed by atoms with Gasteiger partial charge in [0, 0.05) is 75.3 Å². The van der Waals surface area contributed by atoms with Gasteiger partial charge in [-0.25, -0.2) is 21.6 Å². The zero-order chi connectivity index (χ0) is 27.9. The molecule has 5 rings (SSSR count). The van der Waals surface area contributed by atoms with Crippen molar-refractivity contribution in [2.24, 2.45) is 13.0 Å². The quantitative estimate of drug-likeness (QED) is 0.401. The van der Waals surface area contributed by atoms with Gasteiger partial charge in [-0.2, -0.15) is 14.2 Å². The zero-order valence-electron chi connectivity index (χ0n) is 21.6. The number of nitrogens with one attached hydrogen (secondary N) is 2. The van der Waals surface area contributed by atoms with Crippen molar-refractivity contribution in [1.29, 1.82) is 5.41 Å². The molecule has 1 aliphatic heterocycles. The van der Waals surface area contributed by atoms with Crippen molar-refractivity contribution in [1.82, 2.24) is 24.2 Å². The molecule has 9 nitrogen and oxygen atoms in total. The lowest BCUT2D eigenvalue weighted by Gasteiger charge is -2.45. The summed E-state index contributed by atoms with van der Waals surface area (Å²) in [5.74, 6) is -3.18. The topological polar surface area (TPSA) is 107 Å². The minimum Gasteiger partial charge on any atom is -0.355 e. The first kappa shape index (κ1) is 27.3. The molecule has 1 aromatic heterocycles. The van der Waals surface area contributed by atoms with Crippen molar-refractivity contribution in [2.75, 3.05) is 31.5 Å². The van der Waals surface area contributed by atoms with E-state index in [2.05, 4.69) is 20.4 Å². The summed E-state index contributed by atoms with van der Waals surface area (Å²) < 4.78 is 68.7. The van der Waals surface area contributed by atoms with Crippen molar-refractivity contribution in [2.45, 2.75) is 36.8 Å². The molecule has 0 unspecified atom stereocenters. The predicted octanol–water partition coefficient (Wildman–Crippen LogP) is 4.10. The van der Waals surface area contributed by atoms with Gasteiger partial charge in [-0.1, -0.05) is 0 Å². The summed E-state index contributed by atoms with van der Waals surface area (Å²) in [6.45, 7) is 2.98. The van der Waals surface area contributed by atoms with E-state index in [9.17, 15) is 21.6 Å². The van der Waals surface area contributed by atoms with Crippen LogP contribution in [0.25, 0.3) is 0 Å². The van der Waals surface area contributed by atoms with Gasteiger partial charge in [0.05, 0.1) is 6.20 Å². The van der Waals surface area contributed by atoms with Gasteiger partial charge in [0.15, 0.2) is 0 Å². The Labute approximate surface area is 225 Å². The van der Waals surface area contributed by atoms with Gasteiger partial charge in [-0.15, -0.1) is 5.10 Å². The molecule has 2 aromatic carbocycles. The molecule has 3 aromatic rings. The summed E-state index contributed by atoms with van der Waals surface area (Å²) in [7, 11) is -2.38. The van der Waals surface area contributed by atoms with Crippen LogP contribution in [0.15, 0.2) is 47.6 Å². The number of anilines is 2. The molecule has 1 saturated heterocycles. The standard InChI is InChI=1S/C26H30F3N7O2S/c1-17-9-23(32-21-5-3-20(27)4-6-21)19(13-30)10-22(17)24-16-36(39(37,38)25-14-31-34(2)33-25)8-7-35(24)15-18-11-26(28,29)12-18/h3-6,9-10,13-14,18,24,30,32H,7-8,11-12,15-16H2,1-2H3/t24-/m1/s1. The SMILES string of the molecule is Cc1cc(Nc2ccc(F)cc2)c(C=N)cc1[C@H]1CN(S(=O)(=O)c2cnn(C)n2)CCN1CC1CC(F)(F)C1. The van der Waals surface area contributed by atoms with Gasteiger partial charge in [0.2, 0.25) is 10.9 Å². The third-order valence-electron chi connectivity index (χ3n) is 7.38. The van der Waals surface area contributed by atoms with E-state index >= 15 is 0 Å². The molecule has 2 N–H and O–H groups in total. The fourth-order valence-corrected chi connectivity index (χ4v) is 6.69. The Morgan fingerprint density at radius 3 is 2.51 bits per heavy atom. The van der Waals surface area contributed by atoms with Crippen molar-refractivity contribution >= 4 is 27.6 Å². The van der Waals surface area contributed by atoms with Crippen LogP contribution < -0.4 is 5.32 Å². The Kier molecular flexibility index (Phi) is 7.25. The molecular weight excluding hydrogens is 531 g/mol. The third-order valence-corrected chi connectivity index (χ3v) is 9.11. The van der Waals surface area contributed by atoms with Crippen LogP contribution in [0, 0.1) is 24.1 Å². The first-order chi connectivity index (χ1) is 18.4. The molecule has 2 heterocycles. The minimum absolute atomic E-state index is 0.102. The molecule has 208 valence electrons. The van der Waals surface area contributed by atoms with Crippen molar-refractivity contribution in [3.8, 4) is 0 Å². The first-order valence-corrected chi connectivity index (χ1v) is 14.1. The highest BCUT2D eigenvalue weighted by molar-refractivity contribution is 7.89. The molecule has 0 amide bonds. The monoisotopic (exact) mass is 561 g/mol. The van der Waals surface area contributed by atoms with Crippen molar-refractivity contribution in [3.05, 3.63) is 65.1 Å². The Balaban J connectivity index is 1.47. The molecule has 13 heteroatoms. The van der Waals surface area contributed by atoms with Crippen LogP contribution in [0.4, 0.5) is 24.5 Å². The number of aryl methyl sites for hydroxylation is 2. The van der Waals surface area contributed by atoms with Crippen LogP contribution >= 0.6 is 0 Å². The Hall–Kier alpha value is -3.29. The van der Waals surface area contributed by atoms with E-state index in [0.29, 0.717) is 30.0 Å². The van der Waals surface area contributed by atoms with E-state index in [-0.39, 0.29) is 42.7 Å². The maximum absolute atomic E-state index is 13.6.